The molecule has 1 atom stereocenters. The normalized spacial score (nSPS) is 11.0. The van der Waals surface area contributed by atoms with Crippen LogP contribution in [0, 0.1) is 6.92 Å². The van der Waals surface area contributed by atoms with E-state index in [1.165, 1.54) is 11.1 Å². The number of rotatable bonds is 9. The number of hydrogen-bond donors (Lipinski definition) is 4. The van der Waals surface area contributed by atoms with Crippen molar-refractivity contribution < 1.29 is 24.2 Å². The molecule has 0 fully saturated rings. The molecule has 0 aromatic heterocycles. The molecular formula is C22H38N2O5S. The third kappa shape index (κ3) is 18.0. The Morgan fingerprint density at radius 2 is 1.77 bits per heavy atom. The fourth-order valence-electron chi connectivity index (χ4n) is 2.17. The van der Waals surface area contributed by atoms with Crippen LogP contribution in [0.5, 0.6) is 0 Å². The number of carboxylic acids is 1. The number of ether oxygens (including phenoxy) is 1. The van der Waals surface area contributed by atoms with Gasteiger partial charge in [-0.3, -0.25) is 4.79 Å². The summed E-state index contributed by atoms with van der Waals surface area (Å²) in [4.78, 5) is 31.9. The van der Waals surface area contributed by atoms with E-state index >= 15 is 0 Å². The standard InChI is InChI=1S/C11H14O.C10H20N2O4.CH4S/c1-10-5-7-11(8-6-10)4-2-3-9-12;1-10(2,3)16-9(15)12-6-5-7(11-4)8(13)14;1-2/h5-9H,2-4H2,1H3;7,11H,5-6H2,1-4H3,(H,12,15)(H,13,14);2H,1H3/t;7-;/m.0./s1. The van der Waals surface area contributed by atoms with Crippen LogP contribution in [0.4, 0.5) is 4.79 Å². The molecule has 0 aliphatic heterocycles. The van der Waals surface area contributed by atoms with E-state index in [9.17, 15) is 14.4 Å². The zero-order valence-corrected chi connectivity index (χ0v) is 19.9. The molecule has 0 spiro atoms. The van der Waals surface area contributed by atoms with Gasteiger partial charge in [-0.05, 0) is 65.8 Å². The van der Waals surface area contributed by atoms with Crippen LogP contribution < -0.4 is 10.6 Å². The molecule has 172 valence electrons. The molecule has 0 aliphatic carbocycles. The number of amides is 1. The summed E-state index contributed by atoms with van der Waals surface area (Å²) in [5, 5.41) is 13.8. The second-order valence-electron chi connectivity index (χ2n) is 7.44. The average molecular weight is 443 g/mol. The van der Waals surface area contributed by atoms with E-state index in [0.29, 0.717) is 12.8 Å². The minimum absolute atomic E-state index is 0.257. The molecule has 0 saturated heterocycles. The fraction of sp³-hybridized carbons (Fsp3) is 0.591. The van der Waals surface area contributed by atoms with Crippen molar-refractivity contribution in [2.75, 3.05) is 19.8 Å². The Kier molecular flexibility index (Phi) is 17.8. The minimum atomic E-state index is -0.937. The first-order valence-corrected chi connectivity index (χ1v) is 10.8. The van der Waals surface area contributed by atoms with Gasteiger partial charge in [0.1, 0.15) is 17.9 Å². The van der Waals surface area contributed by atoms with Crippen molar-refractivity contribution in [2.45, 2.75) is 65.0 Å². The maximum Gasteiger partial charge on any atom is 0.407 e. The Morgan fingerprint density at radius 3 is 2.20 bits per heavy atom. The fourth-order valence-corrected chi connectivity index (χ4v) is 2.17. The monoisotopic (exact) mass is 442 g/mol. The van der Waals surface area contributed by atoms with E-state index in [-0.39, 0.29) is 6.54 Å². The molecule has 0 saturated carbocycles. The summed E-state index contributed by atoms with van der Waals surface area (Å²) in [7, 11) is 1.56. The summed E-state index contributed by atoms with van der Waals surface area (Å²) in [6.07, 6.45) is 5.10. The molecule has 3 N–H and O–H groups in total. The van der Waals surface area contributed by atoms with Crippen molar-refractivity contribution in [2.24, 2.45) is 0 Å². The number of thiol groups is 1. The Bertz CT molecular complexity index is 601. The van der Waals surface area contributed by atoms with Crippen molar-refractivity contribution in [3.8, 4) is 0 Å². The number of aryl methyl sites for hydroxylation is 2. The van der Waals surface area contributed by atoms with Crippen LogP contribution in [-0.2, 0) is 20.7 Å². The smallest absolute Gasteiger partial charge is 0.407 e. The molecule has 1 rings (SSSR count). The summed E-state index contributed by atoms with van der Waals surface area (Å²) in [5.74, 6) is -0.937. The Hall–Kier alpha value is -2.06. The van der Waals surface area contributed by atoms with Crippen LogP contribution in [0.1, 0.15) is 51.2 Å². The number of aliphatic carboxylic acids is 1. The summed E-state index contributed by atoms with van der Waals surface area (Å²) < 4.78 is 5.00. The van der Waals surface area contributed by atoms with Crippen molar-refractivity contribution in [1.29, 1.82) is 0 Å². The molecule has 0 radical (unpaired) electrons. The first-order valence-electron chi connectivity index (χ1n) is 9.90. The first-order chi connectivity index (χ1) is 14.1. The van der Waals surface area contributed by atoms with Gasteiger partial charge in [0.15, 0.2) is 0 Å². The van der Waals surface area contributed by atoms with Crippen LogP contribution in [0.25, 0.3) is 0 Å². The zero-order valence-electron chi connectivity index (χ0n) is 19.0. The van der Waals surface area contributed by atoms with Crippen LogP contribution in [0.2, 0.25) is 0 Å². The lowest BCUT2D eigenvalue weighted by Gasteiger charge is -2.20. The van der Waals surface area contributed by atoms with E-state index in [1.807, 2.05) is 0 Å². The minimum Gasteiger partial charge on any atom is -0.480 e. The molecule has 1 aromatic carbocycles. The van der Waals surface area contributed by atoms with Gasteiger partial charge in [0.05, 0.1) is 0 Å². The summed E-state index contributed by atoms with van der Waals surface area (Å²) >= 11 is 3.53. The lowest BCUT2D eigenvalue weighted by atomic mass is 10.1. The quantitative estimate of drug-likeness (QED) is 0.264. The topological polar surface area (TPSA) is 105 Å². The van der Waals surface area contributed by atoms with Crippen molar-refractivity contribution in [3.05, 3.63) is 35.4 Å². The van der Waals surface area contributed by atoms with Crippen molar-refractivity contribution >= 4 is 31.0 Å². The van der Waals surface area contributed by atoms with E-state index in [0.717, 1.165) is 19.1 Å². The highest BCUT2D eigenvalue weighted by molar-refractivity contribution is 7.79. The highest BCUT2D eigenvalue weighted by Gasteiger charge is 2.17. The summed E-state index contributed by atoms with van der Waals surface area (Å²) in [6, 6.07) is 7.81. The molecule has 1 amide bonds. The van der Waals surface area contributed by atoms with Crippen LogP contribution in [0.3, 0.4) is 0 Å². The van der Waals surface area contributed by atoms with E-state index < -0.39 is 23.7 Å². The van der Waals surface area contributed by atoms with Crippen molar-refractivity contribution in [3.63, 3.8) is 0 Å². The van der Waals surface area contributed by atoms with Gasteiger partial charge in [-0.15, -0.1) is 0 Å². The maximum atomic E-state index is 11.2. The SMILES string of the molecule is CN[C@@H](CCNC(=O)OC(C)(C)C)C(=O)O.CS.Cc1ccc(CCCC=O)cc1. The molecule has 1 aromatic rings. The molecule has 30 heavy (non-hydrogen) atoms. The van der Waals surface area contributed by atoms with E-state index in [4.69, 9.17) is 9.84 Å². The van der Waals surface area contributed by atoms with Gasteiger partial charge in [0.2, 0.25) is 0 Å². The van der Waals surface area contributed by atoms with Gasteiger partial charge >= 0.3 is 12.1 Å². The predicted octanol–water partition coefficient (Wildman–Crippen LogP) is 3.64. The average Bonchev–Trinajstić information content (AvgIpc) is 2.67. The van der Waals surface area contributed by atoms with Crippen LogP contribution >= 0.6 is 12.6 Å². The molecule has 0 bridgehead atoms. The van der Waals surface area contributed by atoms with Gasteiger partial charge in [-0.1, -0.05) is 29.8 Å². The van der Waals surface area contributed by atoms with Gasteiger partial charge in [0, 0.05) is 13.0 Å². The molecule has 0 unspecified atom stereocenters. The Labute approximate surface area is 186 Å². The number of likely N-dealkylation sites (N-methyl/N-ethyl adjacent to an activating group) is 1. The third-order valence-electron chi connectivity index (χ3n) is 3.66. The number of nitrogens with one attached hydrogen (secondary N) is 2. The van der Waals surface area contributed by atoms with E-state index in [2.05, 4.69) is 54.5 Å². The summed E-state index contributed by atoms with van der Waals surface area (Å²) in [6.45, 7) is 7.63. The third-order valence-corrected chi connectivity index (χ3v) is 3.66. The van der Waals surface area contributed by atoms with Gasteiger partial charge < -0.3 is 25.3 Å². The van der Waals surface area contributed by atoms with Gasteiger partial charge in [0.25, 0.3) is 0 Å². The van der Waals surface area contributed by atoms with E-state index in [1.54, 1.807) is 34.1 Å². The number of hydrogen-bond acceptors (Lipinski definition) is 6. The number of carbonyl (C=O) groups excluding carboxylic acids is 2. The number of benzene rings is 1. The second-order valence-corrected chi connectivity index (χ2v) is 7.44. The summed E-state index contributed by atoms with van der Waals surface area (Å²) in [5.41, 5.74) is 2.07. The number of carbonyl (C=O) groups is 3. The zero-order chi connectivity index (χ0) is 23.6. The first kappa shape index (κ1) is 30.1. The van der Waals surface area contributed by atoms with Crippen molar-refractivity contribution in [1.82, 2.24) is 10.6 Å². The maximum absolute atomic E-state index is 11.2. The number of unbranched alkanes of at least 4 members (excludes halogenated alkanes) is 1. The highest BCUT2D eigenvalue weighted by atomic mass is 32.1. The Balaban J connectivity index is 0. The molecule has 0 heterocycles. The van der Waals surface area contributed by atoms with Gasteiger partial charge in [-0.2, -0.15) is 12.6 Å². The number of carboxylic acid groups (broad SMARTS) is 1. The predicted molar refractivity (Wildman–Crippen MR) is 124 cm³/mol. The molecular weight excluding hydrogens is 404 g/mol. The van der Waals surface area contributed by atoms with Gasteiger partial charge in [-0.25, -0.2) is 4.79 Å². The lowest BCUT2D eigenvalue weighted by molar-refractivity contribution is -0.139. The van der Waals surface area contributed by atoms with Crippen LogP contribution in [0.15, 0.2) is 24.3 Å². The number of aldehydes is 1. The molecule has 7 nitrogen and oxygen atoms in total. The molecule has 8 heteroatoms. The van der Waals surface area contributed by atoms with Crippen LogP contribution in [-0.4, -0.2) is 54.9 Å². The molecule has 0 aliphatic rings. The highest BCUT2D eigenvalue weighted by Crippen LogP contribution is 2.07. The second kappa shape index (κ2) is 17.8. The lowest BCUT2D eigenvalue weighted by Crippen LogP contribution is -2.39. The largest absolute Gasteiger partial charge is 0.480 e. The number of alkyl carbamates (subject to hydrolysis) is 1. The Morgan fingerprint density at radius 1 is 1.20 bits per heavy atom.